The number of carbonyl (C=O) groups excluding carboxylic acids is 2. The van der Waals surface area contributed by atoms with Gasteiger partial charge < -0.3 is 54.6 Å². The van der Waals surface area contributed by atoms with Crippen LogP contribution < -0.4 is 26.8 Å². The Balaban J connectivity index is 0.000000856. The van der Waals surface area contributed by atoms with E-state index in [9.17, 15) is 29.4 Å². The zero-order valence-corrected chi connectivity index (χ0v) is 31.4. The molecule has 16 nitrogen and oxygen atoms in total. The maximum Gasteiger partial charge on any atom is 0.409 e. The van der Waals surface area contributed by atoms with E-state index < -0.39 is 0 Å². The van der Waals surface area contributed by atoms with Crippen molar-refractivity contribution in [1.82, 2.24) is 39.8 Å². The van der Waals surface area contributed by atoms with Crippen molar-refractivity contribution in [3.05, 3.63) is 56.4 Å². The molecule has 0 unspecified atom stereocenters. The Morgan fingerprint density at radius 2 is 1.25 bits per heavy atom. The second kappa shape index (κ2) is 25.3. The molecule has 5 N–H and O–H groups in total. The number of carbonyl (C=O) groups is 2. The van der Waals surface area contributed by atoms with Gasteiger partial charge in [0.1, 0.15) is 13.2 Å². The van der Waals surface area contributed by atoms with Crippen LogP contribution in [-0.4, -0.2) is 150 Å². The maximum absolute atomic E-state index is 12.0. The number of rotatable bonds is 13. The number of aromatic nitrogens is 2. The first-order valence-electron chi connectivity index (χ1n) is 17.4. The molecule has 17 heteroatoms. The molecule has 53 heavy (non-hydrogen) atoms. The molecule has 2 fully saturated rings. The molecular formula is C36H57ClN8O8. The highest BCUT2D eigenvalue weighted by atomic mass is 35.5. The predicted octanol–water partition coefficient (Wildman–Crippen LogP) is 0.683. The molecule has 2 aliphatic heterocycles. The van der Waals surface area contributed by atoms with Gasteiger partial charge >= 0.3 is 12.2 Å². The SMILES string of the molecule is C#CCNCCOC(=O)N1CCN(CCn2ccc(=O)c(O)c2C)CC1.C#CCNCCOC(=O)N1CCNCC1.Cc1c(O)c(=O)ccn1CCCl.[HH].[HH]. The molecule has 2 aromatic heterocycles. The van der Waals surface area contributed by atoms with Gasteiger partial charge in [0, 0.05) is 118 Å². The number of terminal acetylenes is 2. The number of aromatic hydroxyl groups is 2. The van der Waals surface area contributed by atoms with Crippen molar-refractivity contribution in [2.45, 2.75) is 26.9 Å². The third-order valence-corrected chi connectivity index (χ3v) is 8.45. The van der Waals surface area contributed by atoms with Crippen LogP contribution in [0.15, 0.2) is 34.1 Å². The first kappa shape index (κ1) is 44.5. The molecule has 0 saturated carbocycles. The summed E-state index contributed by atoms with van der Waals surface area (Å²) in [4.78, 5) is 51.4. The molecule has 0 atom stereocenters. The Labute approximate surface area is 318 Å². The molecule has 2 aliphatic rings. The van der Waals surface area contributed by atoms with Crippen LogP contribution in [0.3, 0.4) is 0 Å². The lowest BCUT2D eigenvalue weighted by Gasteiger charge is -2.34. The van der Waals surface area contributed by atoms with Crippen molar-refractivity contribution < 1.29 is 32.1 Å². The van der Waals surface area contributed by atoms with Gasteiger partial charge in [-0.25, -0.2) is 9.59 Å². The maximum atomic E-state index is 12.0. The van der Waals surface area contributed by atoms with Gasteiger partial charge in [-0.1, -0.05) is 11.8 Å². The van der Waals surface area contributed by atoms with Crippen LogP contribution in [0.5, 0.6) is 11.5 Å². The van der Waals surface area contributed by atoms with Gasteiger partial charge in [0.2, 0.25) is 10.9 Å². The summed E-state index contributed by atoms with van der Waals surface area (Å²) in [5.41, 5.74) is 0.417. The second-order valence-corrected chi connectivity index (χ2v) is 12.2. The Morgan fingerprint density at radius 3 is 1.70 bits per heavy atom. The number of alkyl halides is 1. The minimum Gasteiger partial charge on any atom is -0.503 e. The van der Waals surface area contributed by atoms with Crippen molar-refractivity contribution >= 4 is 23.8 Å². The van der Waals surface area contributed by atoms with Crippen LogP contribution >= 0.6 is 11.6 Å². The van der Waals surface area contributed by atoms with Crippen LogP contribution in [0.1, 0.15) is 14.2 Å². The highest BCUT2D eigenvalue weighted by Gasteiger charge is 2.22. The monoisotopic (exact) mass is 764 g/mol. The Bertz CT molecular complexity index is 1640. The smallest absolute Gasteiger partial charge is 0.409 e. The molecule has 4 heterocycles. The summed E-state index contributed by atoms with van der Waals surface area (Å²) in [5, 5.41) is 28.0. The fourth-order valence-electron chi connectivity index (χ4n) is 5.08. The van der Waals surface area contributed by atoms with Gasteiger partial charge in [0.05, 0.1) is 24.5 Å². The average Bonchev–Trinajstić information content (AvgIpc) is 3.17. The van der Waals surface area contributed by atoms with Gasteiger partial charge in [0.15, 0.2) is 11.5 Å². The van der Waals surface area contributed by atoms with Crippen molar-refractivity contribution in [2.24, 2.45) is 0 Å². The normalized spacial score (nSPS) is 14.1. The van der Waals surface area contributed by atoms with Crippen LogP contribution in [0.2, 0.25) is 0 Å². The number of hydrogen-bond acceptors (Lipinski definition) is 12. The number of halogens is 1. The Kier molecular flexibility index (Phi) is 21.2. The molecule has 2 amide bonds. The van der Waals surface area contributed by atoms with E-state index in [1.54, 1.807) is 40.6 Å². The van der Waals surface area contributed by atoms with Crippen LogP contribution in [0.25, 0.3) is 0 Å². The van der Waals surface area contributed by atoms with Gasteiger partial charge in [-0.05, 0) is 13.8 Å². The topological polar surface area (TPSA) is 183 Å². The summed E-state index contributed by atoms with van der Waals surface area (Å²) in [6, 6.07) is 2.70. The van der Waals surface area contributed by atoms with Gasteiger partial charge in [-0.2, -0.15) is 0 Å². The third-order valence-electron chi connectivity index (χ3n) is 8.28. The van der Waals surface area contributed by atoms with Crippen LogP contribution in [0.4, 0.5) is 9.59 Å². The molecule has 0 radical (unpaired) electrons. The number of ether oxygens (including phenoxy) is 2. The van der Waals surface area contributed by atoms with Crippen molar-refractivity contribution in [3.8, 4) is 36.2 Å². The van der Waals surface area contributed by atoms with E-state index in [0.717, 1.165) is 45.8 Å². The molecule has 4 rings (SSSR count). The summed E-state index contributed by atoms with van der Waals surface area (Å²) in [6.45, 7) is 14.1. The first-order chi connectivity index (χ1) is 25.5. The van der Waals surface area contributed by atoms with E-state index in [-0.39, 0.29) is 37.4 Å². The number of nitrogens with one attached hydrogen (secondary N) is 3. The summed E-state index contributed by atoms with van der Waals surface area (Å²) in [6.07, 6.45) is 13.0. The van der Waals surface area contributed by atoms with E-state index in [1.165, 1.54) is 12.1 Å². The standard InChI is InChI=1S/C18H26N4O4.C10H17N3O2.C8H10ClNO2.2H2/c1-3-5-19-6-14-26-18(25)22-12-9-20(10-13-22)8-11-21-7-4-16(23)17(24)15(21)2;1-2-3-11-6-9-15-10(14)13-7-4-12-5-8-13;1-6-8(12)7(11)2-4-10(6)5-3-9;;/h1,4,7,19,24H,5-6,8-14H2,2H3;1,11-12H,3-9H2;2,4,12H,3,5H2,1H3;2*1H. The zero-order valence-electron chi connectivity index (χ0n) is 30.6. The van der Waals surface area contributed by atoms with Crippen molar-refractivity contribution in [2.75, 3.05) is 104 Å². The average molecular weight is 765 g/mol. The van der Waals surface area contributed by atoms with Crippen molar-refractivity contribution in [1.29, 1.82) is 0 Å². The number of aryl methyl sites for hydroxylation is 1. The fraction of sp³-hybridized carbons (Fsp3) is 0.556. The lowest BCUT2D eigenvalue weighted by Crippen LogP contribution is -2.49. The highest BCUT2D eigenvalue weighted by molar-refractivity contribution is 6.17. The minimum atomic E-state index is -0.361. The third kappa shape index (κ3) is 16.2. The number of piperazine rings is 2. The fourth-order valence-corrected chi connectivity index (χ4v) is 5.26. The molecular weight excluding hydrogens is 708 g/mol. The van der Waals surface area contributed by atoms with Crippen LogP contribution in [-0.2, 0) is 22.6 Å². The van der Waals surface area contributed by atoms with E-state index in [0.29, 0.717) is 82.8 Å². The summed E-state index contributed by atoms with van der Waals surface area (Å²) >= 11 is 5.52. The minimum absolute atomic E-state index is 0. The molecule has 0 bridgehead atoms. The Morgan fingerprint density at radius 1 is 0.792 bits per heavy atom. The molecule has 296 valence electrons. The number of hydrogen-bond donors (Lipinski definition) is 5. The lowest BCUT2D eigenvalue weighted by atomic mass is 10.3. The largest absolute Gasteiger partial charge is 0.503 e. The highest BCUT2D eigenvalue weighted by Crippen LogP contribution is 2.11. The molecule has 0 aliphatic carbocycles. The summed E-state index contributed by atoms with van der Waals surface area (Å²) < 4.78 is 13.9. The second-order valence-electron chi connectivity index (χ2n) is 11.9. The zero-order chi connectivity index (χ0) is 39.0. The molecule has 0 spiro atoms. The van der Waals surface area contributed by atoms with Gasteiger partial charge in [-0.3, -0.25) is 14.5 Å². The van der Waals surface area contributed by atoms with E-state index in [1.807, 2.05) is 4.57 Å². The van der Waals surface area contributed by atoms with E-state index >= 15 is 0 Å². The number of nitrogens with zero attached hydrogens (tertiary/aromatic N) is 5. The quantitative estimate of drug-likeness (QED) is 0.110. The Hall–Kier alpha value is -4.71. The number of amides is 2. The molecule has 0 aromatic carbocycles. The van der Waals surface area contributed by atoms with Gasteiger partial charge in [-0.15, -0.1) is 24.4 Å². The van der Waals surface area contributed by atoms with E-state index in [2.05, 4.69) is 32.7 Å². The van der Waals surface area contributed by atoms with Crippen LogP contribution in [0, 0.1) is 38.5 Å². The van der Waals surface area contributed by atoms with Gasteiger partial charge in [0.25, 0.3) is 0 Å². The van der Waals surface area contributed by atoms with E-state index in [4.69, 9.17) is 33.9 Å². The molecule has 2 aromatic rings. The predicted molar refractivity (Wildman–Crippen MR) is 208 cm³/mol. The first-order valence-corrected chi connectivity index (χ1v) is 18.0. The number of pyridine rings is 2. The summed E-state index contributed by atoms with van der Waals surface area (Å²) in [5.74, 6) is 4.98. The summed E-state index contributed by atoms with van der Waals surface area (Å²) in [7, 11) is 0. The molecule has 2 saturated heterocycles. The lowest BCUT2D eigenvalue weighted by molar-refractivity contribution is 0.0761. The van der Waals surface area contributed by atoms with Crippen molar-refractivity contribution in [3.63, 3.8) is 0 Å².